The van der Waals surface area contributed by atoms with Crippen LogP contribution in [0.4, 0.5) is 19.1 Å². The first-order chi connectivity index (χ1) is 10.3. The third-order valence-corrected chi connectivity index (χ3v) is 2.55. The minimum absolute atomic E-state index is 0.117. The number of rotatable bonds is 3. The molecule has 2 N–H and O–H groups in total. The number of hydrogen-bond acceptors (Lipinski definition) is 5. The van der Waals surface area contributed by atoms with E-state index in [0.717, 1.165) is 0 Å². The Morgan fingerprint density at radius 2 is 1.77 bits per heavy atom. The fourth-order valence-electron chi connectivity index (χ4n) is 1.49. The summed E-state index contributed by atoms with van der Waals surface area (Å²) in [6, 6.07) is 5.33. The predicted molar refractivity (Wildman–Crippen MR) is 67.1 cm³/mol. The van der Waals surface area contributed by atoms with Gasteiger partial charge in [0.2, 0.25) is 11.8 Å². The number of carbonyl (C=O) groups excluding carboxylic acids is 2. The zero-order chi connectivity index (χ0) is 16.3. The summed E-state index contributed by atoms with van der Waals surface area (Å²) in [4.78, 5) is 26.2. The largest absolute Gasteiger partial charge is 0.465 e. The number of methoxy groups -OCH3 is 1. The molecule has 7 nitrogen and oxygen atoms in total. The van der Waals surface area contributed by atoms with Gasteiger partial charge in [-0.05, 0) is 24.3 Å². The molecule has 10 heteroatoms. The Kier molecular flexibility index (Phi) is 4.11. The first-order valence-corrected chi connectivity index (χ1v) is 5.80. The maximum absolute atomic E-state index is 12.3. The number of esters is 1. The van der Waals surface area contributed by atoms with Crippen molar-refractivity contribution in [3.05, 3.63) is 41.2 Å². The van der Waals surface area contributed by atoms with Crippen LogP contribution in [0, 0.1) is 0 Å². The molecular weight excluding hydrogens is 305 g/mol. The molecule has 1 heterocycles. The van der Waals surface area contributed by atoms with E-state index in [9.17, 15) is 22.8 Å². The van der Waals surface area contributed by atoms with Gasteiger partial charge in [0, 0.05) is 5.56 Å². The van der Waals surface area contributed by atoms with Crippen LogP contribution in [0.5, 0.6) is 0 Å². The lowest BCUT2D eigenvalue weighted by Gasteiger charge is -2.03. The van der Waals surface area contributed by atoms with E-state index in [-0.39, 0.29) is 11.1 Å². The maximum Gasteiger partial charge on any atom is 0.451 e. The van der Waals surface area contributed by atoms with Gasteiger partial charge in [-0.3, -0.25) is 15.2 Å². The standard InChI is InChI=1S/C12H9F3N4O3/c1-22-9(21)7-4-2-6(3-5-7)8(20)16-11-17-10(18-19-11)12(13,14)15/h2-5H,1H3,(H2,16,17,18,19,20). The van der Waals surface area contributed by atoms with Crippen molar-refractivity contribution in [1.82, 2.24) is 15.2 Å². The second-order valence-corrected chi connectivity index (χ2v) is 4.03. The fourth-order valence-corrected chi connectivity index (χ4v) is 1.49. The average molecular weight is 314 g/mol. The normalized spacial score (nSPS) is 11.1. The smallest absolute Gasteiger partial charge is 0.451 e. The summed E-state index contributed by atoms with van der Waals surface area (Å²) >= 11 is 0. The second-order valence-electron chi connectivity index (χ2n) is 4.03. The molecule has 0 bridgehead atoms. The van der Waals surface area contributed by atoms with Gasteiger partial charge in [-0.15, -0.1) is 5.10 Å². The zero-order valence-corrected chi connectivity index (χ0v) is 11.1. The van der Waals surface area contributed by atoms with Crippen LogP contribution in [0.1, 0.15) is 26.5 Å². The number of nitrogens with one attached hydrogen (secondary N) is 2. The molecule has 22 heavy (non-hydrogen) atoms. The van der Waals surface area contributed by atoms with E-state index in [1.807, 2.05) is 0 Å². The molecule has 0 unspecified atom stereocenters. The predicted octanol–water partition coefficient (Wildman–Crippen LogP) is 1.86. The highest BCUT2D eigenvalue weighted by Crippen LogP contribution is 2.26. The molecule has 0 aliphatic carbocycles. The number of H-pyrrole nitrogens is 1. The van der Waals surface area contributed by atoms with Gasteiger partial charge in [0.05, 0.1) is 12.7 Å². The summed E-state index contributed by atoms with van der Waals surface area (Å²) in [7, 11) is 1.21. The van der Waals surface area contributed by atoms with Crippen LogP contribution >= 0.6 is 0 Å². The number of benzene rings is 1. The first kappa shape index (κ1) is 15.5. The van der Waals surface area contributed by atoms with Crippen LogP contribution in [-0.4, -0.2) is 34.2 Å². The Morgan fingerprint density at radius 3 is 2.27 bits per heavy atom. The molecule has 1 aromatic carbocycles. The van der Waals surface area contributed by atoms with E-state index in [1.54, 1.807) is 5.10 Å². The Balaban J connectivity index is 2.09. The van der Waals surface area contributed by atoms with Crippen molar-refractivity contribution in [2.45, 2.75) is 6.18 Å². The topological polar surface area (TPSA) is 97.0 Å². The fraction of sp³-hybridized carbons (Fsp3) is 0.167. The van der Waals surface area contributed by atoms with Gasteiger partial charge in [-0.2, -0.15) is 18.2 Å². The van der Waals surface area contributed by atoms with Crippen molar-refractivity contribution < 1.29 is 27.5 Å². The lowest BCUT2D eigenvalue weighted by atomic mass is 10.1. The highest BCUT2D eigenvalue weighted by atomic mass is 19.4. The van der Waals surface area contributed by atoms with Crippen LogP contribution in [0.15, 0.2) is 24.3 Å². The van der Waals surface area contributed by atoms with E-state index < -0.39 is 29.8 Å². The van der Waals surface area contributed by atoms with Crippen molar-refractivity contribution in [3.8, 4) is 0 Å². The van der Waals surface area contributed by atoms with Crippen LogP contribution in [-0.2, 0) is 10.9 Å². The van der Waals surface area contributed by atoms with Crippen LogP contribution < -0.4 is 5.32 Å². The summed E-state index contributed by atoms with van der Waals surface area (Å²) < 4.78 is 41.5. The third kappa shape index (κ3) is 3.40. The second kappa shape index (κ2) is 5.84. The number of hydrogen-bond donors (Lipinski definition) is 2. The number of anilines is 1. The lowest BCUT2D eigenvalue weighted by Crippen LogP contribution is -2.14. The Hall–Kier alpha value is -2.91. The van der Waals surface area contributed by atoms with Crippen LogP contribution in [0.25, 0.3) is 0 Å². The Labute approximate surface area is 121 Å². The number of amides is 1. The van der Waals surface area contributed by atoms with Crippen molar-refractivity contribution in [2.75, 3.05) is 12.4 Å². The average Bonchev–Trinajstić information content (AvgIpc) is 2.95. The van der Waals surface area contributed by atoms with Gasteiger partial charge in [0.25, 0.3) is 5.91 Å². The maximum atomic E-state index is 12.3. The number of nitrogens with zero attached hydrogens (tertiary/aromatic N) is 2. The molecule has 2 rings (SSSR count). The van der Waals surface area contributed by atoms with Gasteiger partial charge in [0.15, 0.2) is 0 Å². The highest BCUT2D eigenvalue weighted by molar-refractivity contribution is 6.03. The first-order valence-electron chi connectivity index (χ1n) is 5.80. The molecule has 1 aromatic heterocycles. The number of ether oxygens (including phenoxy) is 1. The summed E-state index contributed by atoms with van der Waals surface area (Å²) in [5.74, 6) is -3.11. The summed E-state index contributed by atoms with van der Waals surface area (Å²) in [5.41, 5.74) is 0.349. The molecule has 0 aliphatic heterocycles. The Morgan fingerprint density at radius 1 is 1.18 bits per heavy atom. The molecule has 0 radical (unpaired) electrons. The molecule has 0 aliphatic rings. The molecule has 0 fully saturated rings. The Bertz CT molecular complexity index is 694. The lowest BCUT2D eigenvalue weighted by molar-refractivity contribution is -0.144. The van der Waals surface area contributed by atoms with Crippen LogP contribution in [0.3, 0.4) is 0 Å². The van der Waals surface area contributed by atoms with E-state index in [1.165, 1.54) is 31.4 Å². The summed E-state index contributed by atoms with van der Waals surface area (Å²) in [6.07, 6.45) is -4.68. The van der Waals surface area contributed by atoms with Crippen molar-refractivity contribution >= 4 is 17.8 Å². The number of carbonyl (C=O) groups is 2. The highest BCUT2D eigenvalue weighted by Gasteiger charge is 2.35. The van der Waals surface area contributed by atoms with Gasteiger partial charge in [-0.1, -0.05) is 0 Å². The van der Waals surface area contributed by atoms with E-state index >= 15 is 0 Å². The number of aromatic amines is 1. The monoisotopic (exact) mass is 314 g/mol. The van der Waals surface area contributed by atoms with Gasteiger partial charge >= 0.3 is 12.1 Å². The SMILES string of the molecule is COC(=O)c1ccc(C(=O)Nc2n[nH]c(C(F)(F)F)n2)cc1. The van der Waals surface area contributed by atoms with Crippen LogP contribution in [0.2, 0.25) is 0 Å². The number of alkyl halides is 3. The van der Waals surface area contributed by atoms with Gasteiger partial charge in [-0.25, -0.2) is 4.79 Å². The van der Waals surface area contributed by atoms with Crippen molar-refractivity contribution in [1.29, 1.82) is 0 Å². The molecule has 0 atom stereocenters. The minimum Gasteiger partial charge on any atom is -0.465 e. The molecule has 1 amide bonds. The molecule has 0 spiro atoms. The quantitative estimate of drug-likeness (QED) is 0.843. The molecule has 0 saturated carbocycles. The molecular formula is C12H9F3N4O3. The van der Waals surface area contributed by atoms with E-state index in [4.69, 9.17) is 0 Å². The van der Waals surface area contributed by atoms with Gasteiger partial charge in [0.1, 0.15) is 0 Å². The molecule has 116 valence electrons. The third-order valence-electron chi connectivity index (χ3n) is 2.55. The minimum atomic E-state index is -4.68. The number of aromatic nitrogens is 3. The molecule has 0 saturated heterocycles. The van der Waals surface area contributed by atoms with Gasteiger partial charge < -0.3 is 4.74 Å². The zero-order valence-electron chi connectivity index (χ0n) is 11.1. The van der Waals surface area contributed by atoms with E-state index in [2.05, 4.69) is 20.1 Å². The summed E-state index contributed by atoms with van der Waals surface area (Å²) in [6.45, 7) is 0. The number of halogens is 3. The van der Waals surface area contributed by atoms with E-state index in [0.29, 0.717) is 0 Å². The van der Waals surface area contributed by atoms with Crippen molar-refractivity contribution in [2.24, 2.45) is 0 Å². The molecule has 2 aromatic rings. The summed E-state index contributed by atoms with van der Waals surface area (Å²) in [5, 5.41) is 7.02. The van der Waals surface area contributed by atoms with Crippen molar-refractivity contribution in [3.63, 3.8) is 0 Å².